The number of Topliss-reactive ketones (excluding diaryl/α,β-unsaturated/α-hetero) is 2. The van der Waals surface area contributed by atoms with Crippen molar-refractivity contribution in [3.05, 3.63) is 117 Å². The fourth-order valence-electron chi connectivity index (χ4n) is 6.64. The van der Waals surface area contributed by atoms with Gasteiger partial charge in [-0.05, 0) is 102 Å². The molecule has 8 nitrogen and oxygen atoms in total. The van der Waals surface area contributed by atoms with Gasteiger partial charge in [0.2, 0.25) is 0 Å². The third-order valence-electron chi connectivity index (χ3n) is 9.50. The highest BCUT2D eigenvalue weighted by molar-refractivity contribution is 6.02. The Labute approximate surface area is 311 Å². The topological polar surface area (TPSA) is 127 Å². The number of carbonyl (C=O) groups is 4. The minimum atomic E-state index is -4.47. The highest BCUT2D eigenvalue weighted by atomic mass is 19.4. The largest absolute Gasteiger partial charge is 0.493 e. The normalized spacial score (nSPS) is 13.2. The number of rotatable bonds is 15. The summed E-state index contributed by atoms with van der Waals surface area (Å²) in [5, 5.41) is 17.8. The molecule has 0 spiro atoms. The number of benzene rings is 4. The molecule has 6 rings (SSSR count). The number of aromatic carboxylic acids is 1. The van der Waals surface area contributed by atoms with Gasteiger partial charge in [-0.15, -0.1) is 0 Å². The Morgan fingerprint density at radius 2 is 1.41 bits per heavy atom. The number of aryl methyl sites for hydroxylation is 3. The Morgan fingerprint density at radius 1 is 0.722 bits per heavy atom. The van der Waals surface area contributed by atoms with Crippen LogP contribution in [-0.2, 0) is 36.8 Å². The number of hydrogen-bond acceptors (Lipinski definition) is 6. The van der Waals surface area contributed by atoms with Crippen molar-refractivity contribution in [1.82, 2.24) is 0 Å². The van der Waals surface area contributed by atoms with Crippen LogP contribution in [0.5, 0.6) is 11.5 Å². The van der Waals surface area contributed by atoms with Crippen LogP contribution < -0.4 is 9.47 Å². The molecule has 0 bridgehead atoms. The average molecular weight is 745 g/mol. The molecule has 0 saturated carbocycles. The zero-order chi connectivity index (χ0) is 38.8. The van der Waals surface area contributed by atoms with Gasteiger partial charge in [-0.3, -0.25) is 14.4 Å². The third-order valence-corrected chi connectivity index (χ3v) is 9.50. The van der Waals surface area contributed by atoms with E-state index in [9.17, 15) is 32.3 Å². The zero-order valence-electron chi connectivity index (χ0n) is 30.1. The van der Waals surface area contributed by atoms with Crippen molar-refractivity contribution in [2.75, 3.05) is 6.61 Å². The second-order valence-corrected chi connectivity index (χ2v) is 13.5. The van der Waals surface area contributed by atoms with E-state index in [0.29, 0.717) is 36.0 Å². The number of alkyl halides is 3. The Hall–Kier alpha value is -5.45. The summed E-state index contributed by atoms with van der Waals surface area (Å²) in [6.07, 6.45) is 3.65. The Morgan fingerprint density at radius 3 is 2.07 bits per heavy atom. The van der Waals surface area contributed by atoms with Crippen LogP contribution in [0, 0.1) is 0 Å². The Kier molecular flexibility index (Phi) is 13.3. The highest BCUT2D eigenvalue weighted by Gasteiger charge is 2.31. The van der Waals surface area contributed by atoms with Gasteiger partial charge in [0.15, 0.2) is 11.6 Å². The number of carbonyl (C=O) groups excluding carboxylic acids is 2. The Bertz CT molecular complexity index is 2020. The molecule has 0 unspecified atom stereocenters. The van der Waals surface area contributed by atoms with Crippen molar-refractivity contribution in [2.45, 2.75) is 90.3 Å². The number of ketones is 2. The molecule has 2 aliphatic rings. The lowest BCUT2D eigenvalue weighted by Crippen LogP contribution is -2.06. The predicted octanol–water partition coefficient (Wildman–Crippen LogP) is 9.96. The van der Waals surface area contributed by atoms with Crippen molar-refractivity contribution in [2.24, 2.45) is 0 Å². The number of unbranched alkanes of at least 4 members (excludes halogenated alkanes) is 3. The number of carboxylic acid groups (broad SMARTS) is 2. The third kappa shape index (κ3) is 10.4. The second kappa shape index (κ2) is 18.1. The molecule has 54 heavy (non-hydrogen) atoms. The number of aliphatic carboxylic acids is 1. The van der Waals surface area contributed by atoms with E-state index in [1.54, 1.807) is 36.4 Å². The maximum Gasteiger partial charge on any atom is 0.416 e. The second-order valence-electron chi connectivity index (χ2n) is 13.5. The molecule has 0 aliphatic heterocycles. The molecule has 0 heterocycles. The standard InChI is InChI=1S/C23H26O4.C20H17F3O4/c1-2-3-4-5-8-18-13-17-10-11-21(24)20(17)14-22(18)27-15-16-7-6-9-19(12-16)23(25)26;21-20(22,23)14-4-1-3-12(9-14)16-10-13-6-7-17(24)15(13)11-18(16)27-8-2-5-19(25)26/h6-7,9,12-14H,2-5,8,10-11,15H2,1H3,(H,25,26);1,3-4,9-11H,2,5-8H2,(H,25,26). The summed E-state index contributed by atoms with van der Waals surface area (Å²) in [6, 6.07) is 19.0. The lowest BCUT2D eigenvalue weighted by molar-refractivity contribution is -0.138. The molecule has 2 N–H and O–H groups in total. The summed E-state index contributed by atoms with van der Waals surface area (Å²) in [7, 11) is 0. The van der Waals surface area contributed by atoms with Crippen LogP contribution in [0.15, 0.2) is 72.8 Å². The van der Waals surface area contributed by atoms with Gasteiger partial charge in [-0.2, -0.15) is 13.2 Å². The van der Waals surface area contributed by atoms with Crippen LogP contribution in [0.4, 0.5) is 13.2 Å². The first-order valence-corrected chi connectivity index (χ1v) is 18.2. The summed E-state index contributed by atoms with van der Waals surface area (Å²) in [5.41, 5.74) is 5.43. The monoisotopic (exact) mass is 744 g/mol. The summed E-state index contributed by atoms with van der Waals surface area (Å²) in [6.45, 7) is 2.57. The minimum Gasteiger partial charge on any atom is -0.493 e. The van der Waals surface area contributed by atoms with Crippen molar-refractivity contribution in [3.8, 4) is 22.6 Å². The molecule has 0 aromatic heterocycles. The van der Waals surface area contributed by atoms with Gasteiger partial charge in [0.05, 0.1) is 17.7 Å². The first-order valence-electron chi connectivity index (χ1n) is 18.2. The minimum absolute atomic E-state index is 0.0315. The van der Waals surface area contributed by atoms with E-state index < -0.39 is 23.7 Å². The summed E-state index contributed by atoms with van der Waals surface area (Å²) < 4.78 is 50.8. The van der Waals surface area contributed by atoms with E-state index in [-0.39, 0.29) is 48.9 Å². The molecule has 11 heteroatoms. The summed E-state index contributed by atoms with van der Waals surface area (Å²) in [4.78, 5) is 45.8. The van der Waals surface area contributed by atoms with Crippen molar-refractivity contribution < 1.29 is 52.0 Å². The first-order chi connectivity index (χ1) is 25.8. The van der Waals surface area contributed by atoms with Crippen molar-refractivity contribution in [3.63, 3.8) is 0 Å². The van der Waals surface area contributed by atoms with Crippen LogP contribution >= 0.6 is 0 Å². The highest BCUT2D eigenvalue weighted by Crippen LogP contribution is 2.39. The fourth-order valence-corrected chi connectivity index (χ4v) is 6.64. The molecule has 0 radical (unpaired) electrons. The van der Waals surface area contributed by atoms with E-state index in [1.165, 1.54) is 25.3 Å². The number of ether oxygens (including phenoxy) is 2. The van der Waals surface area contributed by atoms with Gasteiger partial charge in [-0.1, -0.05) is 56.5 Å². The van der Waals surface area contributed by atoms with Crippen molar-refractivity contribution in [1.29, 1.82) is 0 Å². The smallest absolute Gasteiger partial charge is 0.416 e. The van der Waals surface area contributed by atoms with Gasteiger partial charge in [0.1, 0.15) is 18.1 Å². The van der Waals surface area contributed by atoms with E-state index >= 15 is 0 Å². The van der Waals surface area contributed by atoms with Gasteiger partial charge < -0.3 is 19.7 Å². The molecule has 0 saturated heterocycles. The number of fused-ring (bicyclic) bond motifs is 2. The van der Waals surface area contributed by atoms with Crippen LogP contribution in [0.2, 0.25) is 0 Å². The zero-order valence-corrected chi connectivity index (χ0v) is 30.1. The van der Waals surface area contributed by atoms with Crippen LogP contribution in [0.3, 0.4) is 0 Å². The lowest BCUT2D eigenvalue weighted by Gasteiger charge is -2.15. The van der Waals surface area contributed by atoms with Gasteiger partial charge in [-0.25, -0.2) is 4.79 Å². The van der Waals surface area contributed by atoms with E-state index in [2.05, 4.69) is 13.0 Å². The Balaban J connectivity index is 0.000000208. The van der Waals surface area contributed by atoms with Gasteiger partial charge in [0.25, 0.3) is 0 Å². The predicted molar refractivity (Wildman–Crippen MR) is 197 cm³/mol. The molecular formula is C43H43F3O8. The first kappa shape index (κ1) is 39.8. The molecule has 0 atom stereocenters. The van der Waals surface area contributed by atoms with Gasteiger partial charge in [0, 0.05) is 36.0 Å². The van der Waals surface area contributed by atoms with Crippen LogP contribution in [-0.4, -0.2) is 40.3 Å². The summed E-state index contributed by atoms with van der Waals surface area (Å²) in [5.74, 6) is -0.719. The quantitative estimate of drug-likeness (QED) is 0.115. The number of hydrogen-bond donors (Lipinski definition) is 2. The fraction of sp³-hybridized carbons (Fsp3) is 0.349. The molecule has 284 valence electrons. The van der Waals surface area contributed by atoms with E-state index in [0.717, 1.165) is 65.0 Å². The number of carboxylic acids is 2. The molecular weight excluding hydrogens is 701 g/mol. The van der Waals surface area contributed by atoms with Crippen LogP contribution in [0.1, 0.15) is 117 Å². The summed E-state index contributed by atoms with van der Waals surface area (Å²) >= 11 is 0. The van der Waals surface area contributed by atoms with E-state index in [4.69, 9.17) is 19.7 Å². The molecule has 4 aromatic rings. The van der Waals surface area contributed by atoms with Crippen molar-refractivity contribution >= 4 is 23.5 Å². The van der Waals surface area contributed by atoms with Crippen LogP contribution in [0.25, 0.3) is 11.1 Å². The van der Waals surface area contributed by atoms with E-state index in [1.807, 2.05) is 12.1 Å². The molecule has 0 fully saturated rings. The molecule has 4 aromatic carbocycles. The lowest BCUT2D eigenvalue weighted by atomic mass is 9.97. The maximum absolute atomic E-state index is 13.0. The SMILES string of the molecule is CCCCCCc1cc2c(cc1OCc1cccc(C(=O)O)c1)C(=O)CC2.O=C(O)CCCOc1cc2c(cc1-c1cccc(C(F)(F)F)c1)CCC2=O. The molecule has 2 aliphatic carbocycles. The maximum atomic E-state index is 13.0. The molecule has 0 amide bonds. The average Bonchev–Trinajstić information content (AvgIpc) is 3.70. The van der Waals surface area contributed by atoms with Gasteiger partial charge >= 0.3 is 18.1 Å². The number of halogens is 3.